The average Bonchev–Trinajstić information content (AvgIpc) is 2.74. The van der Waals surface area contributed by atoms with Crippen LogP contribution in [0.15, 0.2) is 78.9 Å². The van der Waals surface area contributed by atoms with Gasteiger partial charge in [0.25, 0.3) is 0 Å². The molecule has 29 heavy (non-hydrogen) atoms. The second kappa shape index (κ2) is 8.48. The number of carbonyl (C=O) groups excluding carboxylic acids is 1. The predicted molar refractivity (Wildman–Crippen MR) is 111 cm³/mol. The first kappa shape index (κ1) is 19.2. The number of β-lactam (4-membered cyclic amide) rings is 1. The van der Waals surface area contributed by atoms with Crippen LogP contribution in [0.4, 0.5) is 4.39 Å². The van der Waals surface area contributed by atoms with Gasteiger partial charge in [-0.2, -0.15) is 0 Å². The van der Waals surface area contributed by atoms with Gasteiger partial charge in [0.05, 0.1) is 12.0 Å². The molecule has 1 N–H and O–H groups in total. The Morgan fingerprint density at radius 2 is 1.48 bits per heavy atom. The monoisotopic (exact) mass is 389 g/mol. The van der Waals surface area contributed by atoms with Gasteiger partial charge in [0.1, 0.15) is 11.6 Å². The van der Waals surface area contributed by atoms with Gasteiger partial charge < -0.3 is 10.0 Å². The number of rotatable bonds is 7. The number of unbranched alkanes of at least 4 members (excludes halogenated alkanes) is 1. The molecule has 3 nitrogen and oxygen atoms in total. The maximum Gasteiger partial charge on any atom is 0.233 e. The van der Waals surface area contributed by atoms with E-state index in [1.54, 1.807) is 36.4 Å². The van der Waals surface area contributed by atoms with Crippen LogP contribution in [-0.2, 0) is 11.2 Å². The van der Waals surface area contributed by atoms with Crippen LogP contribution in [0.3, 0.4) is 0 Å². The number of phenols is 1. The molecule has 148 valence electrons. The summed E-state index contributed by atoms with van der Waals surface area (Å²) in [6.07, 6.45) is 2.92. The molecular weight excluding hydrogens is 365 g/mol. The molecule has 0 radical (unpaired) electrons. The van der Waals surface area contributed by atoms with Crippen LogP contribution < -0.4 is 0 Å². The molecule has 4 heteroatoms. The summed E-state index contributed by atoms with van der Waals surface area (Å²) in [5, 5.41) is 9.56. The van der Waals surface area contributed by atoms with E-state index in [1.165, 1.54) is 17.7 Å². The molecule has 0 unspecified atom stereocenters. The molecule has 3 aromatic carbocycles. The standard InChI is InChI=1S/C25H24FNO2/c26-21-13-9-20(10-14-21)24-23(19-11-15-22(28)16-12-19)25(29)27(24)17-5-4-8-18-6-2-1-3-7-18/h1-3,6-7,9-16,23-24,28H,4-5,8,17H2/t23-,24+/m1/s1. The molecule has 2 atom stereocenters. The molecular formula is C25H24FNO2. The number of benzene rings is 3. The summed E-state index contributed by atoms with van der Waals surface area (Å²) >= 11 is 0. The number of nitrogens with zero attached hydrogens (tertiary/aromatic N) is 1. The number of hydrogen-bond acceptors (Lipinski definition) is 2. The first-order valence-electron chi connectivity index (χ1n) is 10.0. The van der Waals surface area contributed by atoms with Crippen molar-refractivity contribution in [1.82, 2.24) is 4.90 Å². The number of phenolic OH excluding ortho intramolecular Hbond substituents is 1. The van der Waals surface area contributed by atoms with E-state index in [2.05, 4.69) is 12.1 Å². The van der Waals surface area contributed by atoms with Gasteiger partial charge >= 0.3 is 0 Å². The largest absolute Gasteiger partial charge is 0.508 e. The molecule has 0 spiro atoms. The van der Waals surface area contributed by atoms with Crippen LogP contribution in [0.5, 0.6) is 5.75 Å². The Morgan fingerprint density at radius 3 is 2.17 bits per heavy atom. The number of halogens is 1. The van der Waals surface area contributed by atoms with Crippen molar-refractivity contribution in [3.05, 3.63) is 101 Å². The van der Waals surface area contributed by atoms with Crippen molar-refractivity contribution in [1.29, 1.82) is 0 Å². The fourth-order valence-corrected chi connectivity index (χ4v) is 4.09. The molecule has 1 aliphatic rings. The number of aryl methyl sites for hydroxylation is 1. The van der Waals surface area contributed by atoms with Crippen molar-refractivity contribution in [2.24, 2.45) is 0 Å². The minimum Gasteiger partial charge on any atom is -0.508 e. The van der Waals surface area contributed by atoms with E-state index in [4.69, 9.17) is 0 Å². The lowest BCUT2D eigenvalue weighted by Crippen LogP contribution is -2.53. The van der Waals surface area contributed by atoms with Gasteiger partial charge in [0.2, 0.25) is 5.91 Å². The van der Waals surface area contributed by atoms with Gasteiger partial charge in [0.15, 0.2) is 0 Å². The minimum atomic E-state index is -0.296. The summed E-state index contributed by atoms with van der Waals surface area (Å²) < 4.78 is 13.4. The first-order chi connectivity index (χ1) is 14.1. The van der Waals surface area contributed by atoms with Gasteiger partial charge in [-0.3, -0.25) is 4.79 Å². The Kier molecular flexibility index (Phi) is 5.61. The van der Waals surface area contributed by atoms with E-state index in [9.17, 15) is 14.3 Å². The molecule has 3 aromatic rings. The molecule has 0 bridgehead atoms. The highest BCUT2D eigenvalue weighted by Gasteiger charge is 2.48. The smallest absolute Gasteiger partial charge is 0.233 e. The molecule has 0 aliphatic carbocycles. The second-order valence-corrected chi connectivity index (χ2v) is 7.54. The number of carbonyl (C=O) groups is 1. The highest BCUT2D eigenvalue weighted by atomic mass is 19.1. The Hall–Kier alpha value is -3.14. The van der Waals surface area contributed by atoms with Crippen molar-refractivity contribution in [3.63, 3.8) is 0 Å². The maximum absolute atomic E-state index is 13.4. The molecule has 1 heterocycles. The van der Waals surface area contributed by atoms with Crippen molar-refractivity contribution >= 4 is 5.91 Å². The molecule has 1 aliphatic heterocycles. The second-order valence-electron chi connectivity index (χ2n) is 7.54. The molecule has 4 rings (SSSR count). The quantitative estimate of drug-likeness (QED) is 0.444. The Bertz CT molecular complexity index is 954. The summed E-state index contributed by atoms with van der Waals surface area (Å²) in [5.41, 5.74) is 3.12. The van der Waals surface area contributed by atoms with Crippen molar-refractivity contribution in [3.8, 4) is 5.75 Å². The summed E-state index contributed by atoms with van der Waals surface area (Å²) in [6.45, 7) is 0.683. The van der Waals surface area contributed by atoms with Gasteiger partial charge in [-0.15, -0.1) is 0 Å². The van der Waals surface area contributed by atoms with E-state index in [0.717, 1.165) is 30.4 Å². The summed E-state index contributed by atoms with van der Waals surface area (Å²) in [7, 11) is 0. The third-order valence-corrected chi connectivity index (χ3v) is 5.62. The fourth-order valence-electron chi connectivity index (χ4n) is 4.09. The number of amides is 1. The Labute approximate surface area is 170 Å². The number of aromatic hydroxyl groups is 1. The van der Waals surface area contributed by atoms with Crippen LogP contribution in [0.25, 0.3) is 0 Å². The first-order valence-corrected chi connectivity index (χ1v) is 10.0. The summed E-state index contributed by atoms with van der Waals surface area (Å²) in [6, 6.07) is 23.4. The van der Waals surface area contributed by atoms with Crippen molar-refractivity contribution in [2.75, 3.05) is 6.54 Å². The third-order valence-electron chi connectivity index (χ3n) is 5.62. The van der Waals surface area contributed by atoms with Crippen LogP contribution in [0, 0.1) is 5.82 Å². The zero-order chi connectivity index (χ0) is 20.2. The summed E-state index contributed by atoms with van der Waals surface area (Å²) in [5.74, 6) is -0.313. The van der Waals surface area contributed by atoms with Crippen LogP contribution in [-0.4, -0.2) is 22.5 Å². The average molecular weight is 389 g/mol. The van der Waals surface area contributed by atoms with Crippen LogP contribution >= 0.6 is 0 Å². The molecule has 1 amide bonds. The van der Waals surface area contributed by atoms with Crippen molar-refractivity contribution < 1.29 is 14.3 Å². The lowest BCUT2D eigenvalue weighted by molar-refractivity contribution is -0.150. The lowest BCUT2D eigenvalue weighted by Gasteiger charge is -2.48. The Morgan fingerprint density at radius 1 is 0.828 bits per heavy atom. The van der Waals surface area contributed by atoms with Crippen LogP contribution in [0.1, 0.15) is 41.5 Å². The lowest BCUT2D eigenvalue weighted by atomic mass is 9.77. The van der Waals surface area contributed by atoms with Crippen molar-refractivity contribution in [2.45, 2.75) is 31.2 Å². The van der Waals surface area contributed by atoms with Crippen LogP contribution in [0.2, 0.25) is 0 Å². The Balaban J connectivity index is 1.47. The zero-order valence-electron chi connectivity index (χ0n) is 16.2. The highest BCUT2D eigenvalue weighted by Crippen LogP contribution is 2.46. The molecule has 1 saturated heterocycles. The predicted octanol–water partition coefficient (Wildman–Crippen LogP) is 5.22. The minimum absolute atomic E-state index is 0.0877. The molecule has 0 saturated carbocycles. The van der Waals surface area contributed by atoms with Gasteiger partial charge in [0, 0.05) is 6.54 Å². The fraction of sp³-hybridized carbons (Fsp3) is 0.240. The molecule has 1 fully saturated rings. The van der Waals surface area contributed by atoms with E-state index in [1.807, 2.05) is 23.1 Å². The van der Waals surface area contributed by atoms with Gasteiger partial charge in [-0.25, -0.2) is 4.39 Å². The highest BCUT2D eigenvalue weighted by molar-refractivity contribution is 5.91. The zero-order valence-corrected chi connectivity index (χ0v) is 16.2. The van der Waals surface area contributed by atoms with E-state index in [0.29, 0.717) is 6.54 Å². The molecule has 0 aromatic heterocycles. The van der Waals surface area contributed by atoms with E-state index < -0.39 is 0 Å². The number of hydrogen-bond donors (Lipinski definition) is 1. The van der Waals surface area contributed by atoms with Gasteiger partial charge in [-0.1, -0.05) is 54.6 Å². The van der Waals surface area contributed by atoms with E-state index >= 15 is 0 Å². The number of likely N-dealkylation sites (tertiary alicyclic amines) is 1. The topological polar surface area (TPSA) is 40.5 Å². The normalized spacial score (nSPS) is 18.5. The maximum atomic E-state index is 13.4. The summed E-state index contributed by atoms with van der Waals surface area (Å²) in [4.78, 5) is 14.8. The van der Waals surface area contributed by atoms with Gasteiger partial charge in [-0.05, 0) is 60.2 Å². The van der Waals surface area contributed by atoms with E-state index in [-0.39, 0.29) is 29.4 Å². The third kappa shape index (κ3) is 4.16. The SMILES string of the molecule is O=C1[C@H](c2ccc(O)cc2)[C@H](c2ccc(F)cc2)N1CCCCc1ccccc1.